The molecule has 0 atom stereocenters. The van der Waals surface area contributed by atoms with Gasteiger partial charge in [-0.1, -0.05) is 12.1 Å². The molecule has 0 spiro atoms. The summed E-state index contributed by atoms with van der Waals surface area (Å²) in [5.41, 5.74) is 2.80. The molecule has 110 valence electrons. The van der Waals surface area contributed by atoms with E-state index in [-0.39, 0.29) is 18.3 Å². The maximum Gasteiger partial charge on any atom is 0.255 e. The van der Waals surface area contributed by atoms with E-state index in [0.29, 0.717) is 23.2 Å². The summed E-state index contributed by atoms with van der Waals surface area (Å²) in [6.07, 6.45) is 1.45. The minimum absolute atomic E-state index is 0.144. The lowest BCUT2D eigenvalue weighted by molar-refractivity contribution is 0.102. The number of nitrogens with one attached hydrogen (secondary N) is 1. The van der Waals surface area contributed by atoms with Crippen LogP contribution >= 0.6 is 0 Å². The number of aliphatic hydroxyl groups is 1. The van der Waals surface area contributed by atoms with E-state index in [9.17, 15) is 9.18 Å². The summed E-state index contributed by atoms with van der Waals surface area (Å²) in [6, 6.07) is 11.6. The van der Waals surface area contributed by atoms with Crippen LogP contribution in [0, 0.1) is 12.7 Å². The van der Waals surface area contributed by atoms with Gasteiger partial charge in [0.1, 0.15) is 5.82 Å². The average Bonchev–Trinajstić information content (AvgIpc) is 2.45. The van der Waals surface area contributed by atoms with Crippen molar-refractivity contribution in [2.75, 3.05) is 11.9 Å². The predicted molar refractivity (Wildman–Crippen MR) is 80.9 cm³/mol. The molecule has 2 aromatic carbocycles. The first-order chi connectivity index (χ1) is 10.1. The summed E-state index contributed by atoms with van der Waals surface area (Å²) in [5.74, 6) is -0.609. The fraction of sp³-hybridized carbons (Fsp3) is 0.235. The molecule has 0 aromatic heterocycles. The molecule has 0 saturated heterocycles. The second-order valence-corrected chi connectivity index (χ2v) is 4.94. The third-order valence-electron chi connectivity index (χ3n) is 3.24. The van der Waals surface area contributed by atoms with Crippen molar-refractivity contribution in [1.82, 2.24) is 0 Å². The van der Waals surface area contributed by atoms with Crippen LogP contribution in [0.1, 0.15) is 27.9 Å². The number of carbonyl (C=O) groups excluding carboxylic acids is 1. The van der Waals surface area contributed by atoms with Gasteiger partial charge in [0.15, 0.2) is 0 Å². The molecule has 0 unspecified atom stereocenters. The van der Waals surface area contributed by atoms with Crippen molar-refractivity contribution in [3.63, 3.8) is 0 Å². The Labute approximate surface area is 123 Å². The Hall–Kier alpha value is -2.20. The van der Waals surface area contributed by atoms with Crippen LogP contribution in [-0.2, 0) is 6.42 Å². The first-order valence-corrected chi connectivity index (χ1v) is 6.87. The molecule has 0 aliphatic rings. The maximum absolute atomic E-state index is 13.1. The number of rotatable bonds is 5. The molecular formula is C17H18FNO2. The summed E-state index contributed by atoms with van der Waals surface area (Å²) in [4.78, 5) is 12.2. The second-order valence-electron chi connectivity index (χ2n) is 4.94. The van der Waals surface area contributed by atoms with Gasteiger partial charge in [-0.15, -0.1) is 0 Å². The van der Waals surface area contributed by atoms with Crippen LogP contribution in [0.4, 0.5) is 10.1 Å². The Morgan fingerprint density at radius 2 is 2.05 bits per heavy atom. The first-order valence-electron chi connectivity index (χ1n) is 6.87. The molecule has 3 nitrogen and oxygen atoms in total. The highest BCUT2D eigenvalue weighted by Crippen LogP contribution is 2.16. The van der Waals surface area contributed by atoms with Crippen LogP contribution in [-0.4, -0.2) is 17.6 Å². The third-order valence-corrected chi connectivity index (χ3v) is 3.24. The lowest BCUT2D eigenvalue weighted by Crippen LogP contribution is -2.13. The Bertz CT molecular complexity index is 640. The molecule has 1 amide bonds. The van der Waals surface area contributed by atoms with Crippen LogP contribution in [0.2, 0.25) is 0 Å². The number of hydrogen-bond donors (Lipinski definition) is 2. The molecule has 0 bridgehead atoms. The predicted octanol–water partition coefficient (Wildman–Crippen LogP) is 3.31. The molecule has 0 saturated carbocycles. The smallest absolute Gasteiger partial charge is 0.255 e. The number of halogens is 1. The number of amides is 1. The maximum atomic E-state index is 13.1. The van der Waals surface area contributed by atoms with Crippen LogP contribution in [0.5, 0.6) is 0 Å². The monoisotopic (exact) mass is 287 g/mol. The number of hydrogen-bond acceptors (Lipinski definition) is 2. The summed E-state index contributed by atoms with van der Waals surface area (Å²) in [6.45, 7) is 1.85. The molecule has 21 heavy (non-hydrogen) atoms. The largest absolute Gasteiger partial charge is 0.396 e. The van der Waals surface area contributed by atoms with Gasteiger partial charge in [-0.3, -0.25) is 4.79 Å². The van der Waals surface area contributed by atoms with Crippen molar-refractivity contribution in [2.45, 2.75) is 19.8 Å². The molecule has 0 aliphatic heterocycles. The number of benzene rings is 2. The summed E-state index contributed by atoms with van der Waals surface area (Å²) < 4.78 is 13.1. The van der Waals surface area contributed by atoms with Crippen LogP contribution in [0.3, 0.4) is 0 Å². The van der Waals surface area contributed by atoms with E-state index in [2.05, 4.69) is 5.32 Å². The minimum atomic E-state index is -0.352. The normalized spacial score (nSPS) is 10.4. The first kappa shape index (κ1) is 15.2. The highest BCUT2D eigenvalue weighted by molar-refractivity contribution is 6.05. The number of aryl methyl sites for hydroxylation is 2. The van der Waals surface area contributed by atoms with Crippen molar-refractivity contribution in [3.8, 4) is 0 Å². The average molecular weight is 287 g/mol. The van der Waals surface area contributed by atoms with Gasteiger partial charge in [-0.05, 0) is 61.2 Å². The van der Waals surface area contributed by atoms with E-state index in [4.69, 9.17) is 5.11 Å². The van der Waals surface area contributed by atoms with E-state index >= 15 is 0 Å². The minimum Gasteiger partial charge on any atom is -0.396 e. The van der Waals surface area contributed by atoms with Gasteiger partial charge in [0.05, 0.1) is 0 Å². The number of anilines is 1. The number of carbonyl (C=O) groups is 1. The van der Waals surface area contributed by atoms with Gasteiger partial charge < -0.3 is 10.4 Å². The fourth-order valence-corrected chi connectivity index (χ4v) is 2.17. The molecule has 0 aliphatic carbocycles. The lowest BCUT2D eigenvalue weighted by Gasteiger charge is -2.09. The van der Waals surface area contributed by atoms with E-state index in [1.54, 1.807) is 13.0 Å². The quantitative estimate of drug-likeness (QED) is 0.886. The summed E-state index contributed by atoms with van der Waals surface area (Å²) in [5, 5.41) is 11.7. The zero-order valence-corrected chi connectivity index (χ0v) is 11.9. The fourth-order valence-electron chi connectivity index (χ4n) is 2.17. The van der Waals surface area contributed by atoms with Gasteiger partial charge in [0, 0.05) is 17.9 Å². The van der Waals surface area contributed by atoms with E-state index in [0.717, 1.165) is 12.0 Å². The molecule has 2 N–H and O–H groups in total. The standard InChI is InChI=1S/C17H18FNO2/c1-12-10-14(18)7-8-16(12)17(21)19-15-6-2-4-13(11-15)5-3-9-20/h2,4,6-8,10-11,20H,3,5,9H2,1H3,(H,19,21). The van der Waals surface area contributed by atoms with Gasteiger partial charge in [0.25, 0.3) is 5.91 Å². The summed E-state index contributed by atoms with van der Waals surface area (Å²) >= 11 is 0. The second kappa shape index (κ2) is 6.99. The van der Waals surface area contributed by atoms with Crippen molar-refractivity contribution in [2.24, 2.45) is 0 Å². The Balaban J connectivity index is 2.12. The molecular weight excluding hydrogens is 269 g/mol. The highest BCUT2D eigenvalue weighted by Gasteiger charge is 2.10. The van der Waals surface area contributed by atoms with Crippen molar-refractivity contribution in [3.05, 3.63) is 65.0 Å². The molecule has 0 heterocycles. The van der Waals surface area contributed by atoms with E-state index in [1.807, 2.05) is 18.2 Å². The summed E-state index contributed by atoms with van der Waals surface area (Å²) in [7, 11) is 0. The van der Waals surface area contributed by atoms with Crippen molar-refractivity contribution in [1.29, 1.82) is 0 Å². The van der Waals surface area contributed by atoms with Gasteiger partial charge in [0.2, 0.25) is 0 Å². The molecule has 4 heteroatoms. The van der Waals surface area contributed by atoms with Gasteiger partial charge >= 0.3 is 0 Å². The van der Waals surface area contributed by atoms with Crippen LogP contribution in [0.25, 0.3) is 0 Å². The van der Waals surface area contributed by atoms with Crippen LogP contribution in [0.15, 0.2) is 42.5 Å². The molecule has 0 radical (unpaired) electrons. The van der Waals surface area contributed by atoms with Gasteiger partial charge in [-0.25, -0.2) is 4.39 Å². The van der Waals surface area contributed by atoms with E-state index in [1.165, 1.54) is 18.2 Å². The third kappa shape index (κ3) is 4.13. The van der Waals surface area contributed by atoms with Crippen molar-refractivity contribution < 1.29 is 14.3 Å². The SMILES string of the molecule is Cc1cc(F)ccc1C(=O)Nc1cccc(CCCO)c1. The Morgan fingerprint density at radius 1 is 1.24 bits per heavy atom. The lowest BCUT2D eigenvalue weighted by atomic mass is 10.1. The molecule has 0 fully saturated rings. The molecule has 2 aromatic rings. The number of aliphatic hydroxyl groups excluding tert-OH is 1. The topological polar surface area (TPSA) is 49.3 Å². The highest BCUT2D eigenvalue weighted by atomic mass is 19.1. The van der Waals surface area contributed by atoms with E-state index < -0.39 is 0 Å². The Kier molecular flexibility index (Phi) is 5.06. The zero-order chi connectivity index (χ0) is 15.2. The molecule has 2 rings (SSSR count). The van der Waals surface area contributed by atoms with Crippen LogP contribution < -0.4 is 5.32 Å². The van der Waals surface area contributed by atoms with Gasteiger partial charge in [-0.2, -0.15) is 0 Å². The van der Waals surface area contributed by atoms with Crippen molar-refractivity contribution >= 4 is 11.6 Å². The zero-order valence-electron chi connectivity index (χ0n) is 11.9. The Morgan fingerprint density at radius 3 is 2.76 bits per heavy atom.